The number of likely N-dealkylation sites (tertiary alicyclic amines) is 1. The van der Waals surface area contributed by atoms with Crippen molar-refractivity contribution in [1.82, 2.24) is 10.2 Å². The lowest BCUT2D eigenvalue weighted by molar-refractivity contribution is -0.121. The number of benzene rings is 5. The van der Waals surface area contributed by atoms with E-state index < -0.39 is 4.75 Å². The maximum atomic E-state index is 13.0. The molecule has 0 saturated carbocycles. The van der Waals surface area contributed by atoms with Crippen molar-refractivity contribution in [1.29, 1.82) is 0 Å². The third-order valence-corrected chi connectivity index (χ3v) is 11.7. The van der Waals surface area contributed by atoms with Crippen molar-refractivity contribution in [2.24, 2.45) is 0 Å². The van der Waals surface area contributed by atoms with Crippen LogP contribution in [0.2, 0.25) is 0 Å². The number of piperidine rings is 1. The first-order chi connectivity index (χ1) is 25.6. The summed E-state index contributed by atoms with van der Waals surface area (Å²) in [5, 5.41) is 3.17. The van der Waals surface area contributed by atoms with E-state index in [-0.39, 0.29) is 17.9 Å². The van der Waals surface area contributed by atoms with Gasteiger partial charge in [-0.3, -0.25) is 9.59 Å². The summed E-state index contributed by atoms with van der Waals surface area (Å²) in [6, 6.07) is 51.1. The molecule has 1 heterocycles. The Bertz CT molecular complexity index is 1710. The molecule has 5 aromatic carbocycles. The Kier molecular flexibility index (Phi) is 13.4. The molecule has 0 bridgehead atoms. The highest BCUT2D eigenvalue weighted by Crippen LogP contribution is 2.48. The van der Waals surface area contributed by atoms with Gasteiger partial charge in [-0.2, -0.15) is 0 Å². The van der Waals surface area contributed by atoms with Gasteiger partial charge in [0.05, 0.1) is 4.75 Å². The molecule has 0 aromatic heterocycles. The van der Waals surface area contributed by atoms with Crippen molar-refractivity contribution in [3.63, 3.8) is 0 Å². The molecule has 0 atom stereocenters. The molecule has 2 amide bonds. The molecular formula is C46H51N3O2S. The molecule has 0 aliphatic carbocycles. The first kappa shape index (κ1) is 37.1. The van der Waals surface area contributed by atoms with E-state index in [0.29, 0.717) is 25.1 Å². The van der Waals surface area contributed by atoms with E-state index in [9.17, 15) is 9.59 Å². The minimum absolute atomic E-state index is 0.0851. The van der Waals surface area contributed by atoms with Crippen molar-refractivity contribution in [2.75, 3.05) is 36.8 Å². The fraction of sp³-hybridized carbons (Fsp3) is 0.304. The fourth-order valence-electron chi connectivity index (χ4n) is 7.38. The zero-order valence-corrected chi connectivity index (χ0v) is 31.1. The Hall–Kier alpha value is -4.65. The van der Waals surface area contributed by atoms with Gasteiger partial charge in [0, 0.05) is 56.5 Å². The molecule has 0 spiro atoms. The van der Waals surface area contributed by atoms with E-state index in [1.54, 1.807) is 0 Å². The fourth-order valence-corrected chi connectivity index (χ4v) is 8.88. The number of thioether (sulfide) groups is 1. The summed E-state index contributed by atoms with van der Waals surface area (Å²) in [5.41, 5.74) is 7.21. The summed E-state index contributed by atoms with van der Waals surface area (Å²) in [6.45, 7) is 5.61. The monoisotopic (exact) mass is 709 g/mol. The van der Waals surface area contributed by atoms with E-state index in [1.165, 1.54) is 27.8 Å². The maximum absolute atomic E-state index is 13.0. The zero-order chi connectivity index (χ0) is 36.0. The topological polar surface area (TPSA) is 52.7 Å². The lowest BCUT2D eigenvalue weighted by atomic mass is 9.84. The van der Waals surface area contributed by atoms with Crippen LogP contribution in [0.5, 0.6) is 0 Å². The number of nitrogens with one attached hydrogen (secondary N) is 1. The number of rotatable bonds is 16. The molecule has 1 aliphatic rings. The minimum Gasteiger partial charge on any atom is -0.356 e. The van der Waals surface area contributed by atoms with Gasteiger partial charge >= 0.3 is 0 Å². The zero-order valence-electron chi connectivity index (χ0n) is 30.3. The van der Waals surface area contributed by atoms with Crippen molar-refractivity contribution >= 4 is 29.3 Å². The van der Waals surface area contributed by atoms with Crippen LogP contribution >= 0.6 is 11.8 Å². The average molecular weight is 710 g/mol. The summed E-state index contributed by atoms with van der Waals surface area (Å²) in [6.07, 6.45) is 4.79. The number of anilines is 1. The smallest absolute Gasteiger partial charge is 0.226 e. The highest BCUT2D eigenvalue weighted by atomic mass is 32.2. The first-order valence-corrected chi connectivity index (χ1v) is 19.8. The predicted octanol–water partition coefficient (Wildman–Crippen LogP) is 8.91. The van der Waals surface area contributed by atoms with Crippen LogP contribution in [0.3, 0.4) is 0 Å². The van der Waals surface area contributed by atoms with E-state index in [1.807, 2.05) is 53.9 Å². The van der Waals surface area contributed by atoms with Crippen LogP contribution < -0.4 is 10.2 Å². The van der Waals surface area contributed by atoms with E-state index in [0.717, 1.165) is 51.0 Å². The second kappa shape index (κ2) is 18.7. The number of carbonyl (C=O) groups is 2. The third kappa shape index (κ3) is 9.41. The van der Waals surface area contributed by atoms with Crippen molar-refractivity contribution < 1.29 is 9.59 Å². The number of hydrogen-bond acceptors (Lipinski definition) is 4. The normalized spacial score (nSPS) is 13.8. The highest BCUT2D eigenvalue weighted by molar-refractivity contribution is 8.00. The lowest BCUT2D eigenvalue weighted by Crippen LogP contribution is -2.47. The second-order valence-electron chi connectivity index (χ2n) is 13.6. The van der Waals surface area contributed by atoms with Crippen LogP contribution in [0.25, 0.3) is 0 Å². The minimum atomic E-state index is -0.416. The van der Waals surface area contributed by atoms with Crippen LogP contribution in [0, 0.1) is 0 Å². The van der Waals surface area contributed by atoms with E-state index >= 15 is 0 Å². The summed E-state index contributed by atoms with van der Waals surface area (Å²) < 4.78 is -0.416. The number of hydrogen-bond donors (Lipinski definition) is 1. The number of amides is 2. The lowest BCUT2D eigenvalue weighted by Gasteiger charge is -2.38. The summed E-state index contributed by atoms with van der Waals surface area (Å²) in [7, 11) is 0. The third-order valence-electron chi connectivity index (χ3n) is 10.2. The van der Waals surface area contributed by atoms with Crippen LogP contribution in [-0.4, -0.2) is 54.7 Å². The molecule has 1 saturated heterocycles. The largest absolute Gasteiger partial charge is 0.356 e. The Morgan fingerprint density at radius 2 is 1.17 bits per heavy atom. The van der Waals surface area contributed by atoms with Crippen molar-refractivity contribution in [2.45, 2.75) is 56.2 Å². The van der Waals surface area contributed by atoms with E-state index in [4.69, 9.17) is 0 Å². The van der Waals surface area contributed by atoms with Gasteiger partial charge in [-0.25, -0.2) is 0 Å². The average Bonchev–Trinajstić information content (AvgIpc) is 3.21. The van der Waals surface area contributed by atoms with Gasteiger partial charge < -0.3 is 15.1 Å². The molecule has 1 aliphatic heterocycles. The molecule has 5 aromatic rings. The molecular weight excluding hydrogens is 659 g/mol. The molecule has 6 heteroatoms. The van der Waals surface area contributed by atoms with Gasteiger partial charge in [-0.05, 0) is 65.6 Å². The molecule has 52 heavy (non-hydrogen) atoms. The molecule has 1 N–H and O–H groups in total. The van der Waals surface area contributed by atoms with Gasteiger partial charge in [0.1, 0.15) is 0 Å². The number of nitrogens with zero attached hydrogens (tertiary/aromatic N) is 2. The number of para-hydroxylation sites is 1. The SMILES string of the molecule is CCC(=O)N(c1ccccc1)C1CCN(CCc2ccc(CCNC(=O)CCSC(c3ccccc3)(c3ccccc3)c3ccccc3)cc2)CC1. The maximum Gasteiger partial charge on any atom is 0.226 e. The van der Waals surface area contributed by atoms with Gasteiger partial charge in [-0.1, -0.05) is 140 Å². The van der Waals surface area contributed by atoms with Crippen LogP contribution in [-0.2, 0) is 27.2 Å². The van der Waals surface area contributed by atoms with E-state index in [2.05, 4.69) is 125 Å². The second-order valence-corrected chi connectivity index (χ2v) is 14.9. The summed E-state index contributed by atoms with van der Waals surface area (Å²) >= 11 is 1.83. The predicted molar refractivity (Wildman–Crippen MR) is 217 cm³/mol. The van der Waals surface area contributed by atoms with Gasteiger partial charge in [0.2, 0.25) is 11.8 Å². The molecule has 268 valence electrons. The van der Waals surface area contributed by atoms with Gasteiger partial charge in [0.15, 0.2) is 0 Å². The number of carbonyl (C=O) groups excluding carboxylic acids is 2. The molecule has 1 fully saturated rings. The molecule has 5 nitrogen and oxygen atoms in total. The van der Waals surface area contributed by atoms with Crippen molar-refractivity contribution in [3.8, 4) is 0 Å². The van der Waals surface area contributed by atoms with Crippen LogP contribution in [0.4, 0.5) is 5.69 Å². The first-order valence-electron chi connectivity index (χ1n) is 18.8. The standard InChI is InChI=1S/C46H51N3O2S/c1-2-45(51)49(42-21-13-6-14-22-42)43-29-34-48(35-30-43)33-28-38-25-23-37(24-26-38)27-32-47-44(50)31-36-52-46(39-15-7-3-8-16-39,40-17-9-4-10-18-40)41-19-11-5-12-20-41/h3-26,43H,2,27-36H2,1H3,(H,47,50). The summed E-state index contributed by atoms with van der Waals surface area (Å²) in [5.74, 6) is 0.983. The molecule has 6 rings (SSSR count). The quantitative estimate of drug-likeness (QED) is 0.104. The Morgan fingerprint density at radius 1 is 0.692 bits per heavy atom. The van der Waals surface area contributed by atoms with Crippen LogP contribution in [0.15, 0.2) is 146 Å². The Balaban J connectivity index is 0.952. The highest BCUT2D eigenvalue weighted by Gasteiger charge is 2.37. The Morgan fingerprint density at radius 3 is 1.67 bits per heavy atom. The van der Waals surface area contributed by atoms with Gasteiger partial charge in [0.25, 0.3) is 0 Å². The van der Waals surface area contributed by atoms with Crippen molar-refractivity contribution in [3.05, 3.63) is 173 Å². The van der Waals surface area contributed by atoms with Gasteiger partial charge in [-0.15, -0.1) is 11.8 Å². The Labute approximate surface area is 314 Å². The van der Waals surface area contributed by atoms with Crippen LogP contribution in [0.1, 0.15) is 60.4 Å². The summed E-state index contributed by atoms with van der Waals surface area (Å²) in [4.78, 5) is 30.4. The molecule has 0 unspecified atom stereocenters. The molecule has 0 radical (unpaired) electrons.